The van der Waals surface area contributed by atoms with E-state index < -0.39 is 23.4 Å². The molecule has 0 unspecified atom stereocenters. The molecule has 0 saturated carbocycles. The lowest BCUT2D eigenvalue weighted by Crippen LogP contribution is -2.21. The number of rotatable bonds is 8. The second kappa shape index (κ2) is 10.2. The molecule has 4 rings (SSSR count). The summed E-state index contributed by atoms with van der Waals surface area (Å²) in [5.41, 5.74) is 1.67. The van der Waals surface area contributed by atoms with Crippen molar-refractivity contribution in [1.82, 2.24) is 14.8 Å². The molecular weight excluding hydrogens is 466 g/mol. The summed E-state index contributed by atoms with van der Waals surface area (Å²) in [5, 5.41) is 18.6. The van der Waals surface area contributed by atoms with Gasteiger partial charge in [0.25, 0.3) is 11.6 Å². The molecule has 2 aromatic heterocycles. The number of ether oxygens (including phenoxy) is 2. The van der Waals surface area contributed by atoms with Crippen molar-refractivity contribution in [3.8, 4) is 17.0 Å². The summed E-state index contributed by atoms with van der Waals surface area (Å²) in [7, 11) is 1.38. The van der Waals surface area contributed by atoms with Crippen LogP contribution in [0.3, 0.4) is 0 Å². The quantitative estimate of drug-likeness (QED) is 0.218. The van der Waals surface area contributed by atoms with Crippen molar-refractivity contribution in [2.75, 3.05) is 19.0 Å². The molecule has 0 saturated heterocycles. The van der Waals surface area contributed by atoms with Gasteiger partial charge in [-0.25, -0.2) is 14.5 Å². The molecule has 184 valence electrons. The van der Waals surface area contributed by atoms with Crippen molar-refractivity contribution in [1.29, 1.82) is 0 Å². The molecular formula is C25H23N5O6. The second-order valence-electron chi connectivity index (χ2n) is 8.11. The number of hydrogen-bond donors (Lipinski definition) is 1. The molecule has 11 heteroatoms. The summed E-state index contributed by atoms with van der Waals surface area (Å²) >= 11 is 0. The minimum atomic E-state index is -0.748. The van der Waals surface area contributed by atoms with Crippen LogP contribution in [0.5, 0.6) is 5.75 Å². The van der Waals surface area contributed by atoms with Crippen LogP contribution in [0.1, 0.15) is 30.2 Å². The van der Waals surface area contributed by atoms with Gasteiger partial charge in [-0.05, 0) is 32.0 Å². The van der Waals surface area contributed by atoms with Gasteiger partial charge in [-0.15, -0.1) is 0 Å². The predicted molar refractivity (Wildman–Crippen MR) is 132 cm³/mol. The molecule has 0 bridgehead atoms. The Hall–Kier alpha value is -4.80. The first kappa shape index (κ1) is 24.3. The number of nitro groups is 1. The lowest BCUT2D eigenvalue weighted by Gasteiger charge is -2.11. The van der Waals surface area contributed by atoms with Crippen molar-refractivity contribution < 1.29 is 24.0 Å². The fourth-order valence-electron chi connectivity index (χ4n) is 3.61. The van der Waals surface area contributed by atoms with Crippen LogP contribution < -0.4 is 10.1 Å². The van der Waals surface area contributed by atoms with E-state index in [0.717, 1.165) is 5.56 Å². The van der Waals surface area contributed by atoms with Gasteiger partial charge in [0.15, 0.2) is 12.3 Å². The van der Waals surface area contributed by atoms with Crippen LogP contribution >= 0.6 is 0 Å². The van der Waals surface area contributed by atoms with E-state index in [1.54, 1.807) is 10.7 Å². The third kappa shape index (κ3) is 4.99. The Morgan fingerprint density at radius 1 is 1.14 bits per heavy atom. The molecule has 0 aliphatic heterocycles. The summed E-state index contributed by atoms with van der Waals surface area (Å²) in [5.74, 6) is -1.21. The van der Waals surface area contributed by atoms with E-state index in [1.165, 1.54) is 31.5 Å². The highest BCUT2D eigenvalue weighted by molar-refractivity contribution is 6.05. The number of fused-ring (bicyclic) bond motifs is 1. The van der Waals surface area contributed by atoms with Crippen LogP contribution in [-0.2, 0) is 9.53 Å². The van der Waals surface area contributed by atoms with Gasteiger partial charge < -0.3 is 14.8 Å². The van der Waals surface area contributed by atoms with E-state index in [4.69, 9.17) is 14.5 Å². The maximum absolute atomic E-state index is 13.0. The minimum absolute atomic E-state index is 0.00374. The second-order valence-corrected chi connectivity index (χ2v) is 8.11. The Labute approximate surface area is 205 Å². The average molecular weight is 489 g/mol. The topological polar surface area (TPSA) is 138 Å². The molecule has 0 radical (unpaired) electrons. The van der Waals surface area contributed by atoms with E-state index >= 15 is 0 Å². The molecule has 1 N–H and O–H groups in total. The lowest BCUT2D eigenvalue weighted by atomic mass is 10.1. The van der Waals surface area contributed by atoms with Crippen molar-refractivity contribution in [2.45, 2.75) is 19.9 Å². The Kier molecular flexibility index (Phi) is 6.91. The number of carbonyl (C=O) groups is 2. The van der Waals surface area contributed by atoms with Crippen LogP contribution in [0.25, 0.3) is 22.3 Å². The first-order valence-corrected chi connectivity index (χ1v) is 11.0. The molecule has 0 aliphatic rings. The third-order valence-electron chi connectivity index (χ3n) is 5.36. The van der Waals surface area contributed by atoms with Gasteiger partial charge in [-0.3, -0.25) is 14.9 Å². The van der Waals surface area contributed by atoms with Crippen molar-refractivity contribution >= 4 is 34.3 Å². The molecule has 0 aliphatic carbocycles. The molecule has 1 amide bonds. The van der Waals surface area contributed by atoms with Gasteiger partial charge in [-0.2, -0.15) is 5.10 Å². The van der Waals surface area contributed by atoms with Crippen molar-refractivity contribution in [3.63, 3.8) is 0 Å². The molecule has 0 fully saturated rings. The fourth-order valence-corrected chi connectivity index (χ4v) is 3.61. The number of benzene rings is 2. The highest BCUT2D eigenvalue weighted by Crippen LogP contribution is 2.29. The number of nitro benzene ring substituents is 1. The molecule has 0 spiro atoms. The zero-order chi connectivity index (χ0) is 25.8. The maximum atomic E-state index is 13.0. The third-order valence-corrected chi connectivity index (χ3v) is 5.36. The number of aromatic nitrogens is 3. The van der Waals surface area contributed by atoms with Gasteiger partial charge in [0, 0.05) is 11.6 Å². The smallest absolute Gasteiger partial charge is 0.339 e. The molecule has 2 heterocycles. The van der Waals surface area contributed by atoms with Gasteiger partial charge >= 0.3 is 5.97 Å². The largest absolute Gasteiger partial charge is 0.496 e. The van der Waals surface area contributed by atoms with E-state index in [0.29, 0.717) is 16.7 Å². The zero-order valence-corrected chi connectivity index (χ0v) is 19.8. The average Bonchev–Trinajstić information content (AvgIpc) is 3.32. The zero-order valence-electron chi connectivity index (χ0n) is 19.8. The highest BCUT2D eigenvalue weighted by Gasteiger charge is 2.22. The monoisotopic (exact) mass is 489 g/mol. The van der Waals surface area contributed by atoms with Crippen LogP contribution in [0.2, 0.25) is 0 Å². The first-order chi connectivity index (χ1) is 17.3. The van der Waals surface area contributed by atoms with Gasteiger partial charge in [0.1, 0.15) is 11.4 Å². The Bertz CT molecular complexity index is 1450. The molecule has 0 atom stereocenters. The molecule has 11 nitrogen and oxygen atoms in total. The number of carbonyl (C=O) groups excluding carboxylic acids is 2. The standard InChI is InChI=1S/C25H23N5O6/c1-15(2)29-24-19(13-26-29)18(12-21(28-24)16-7-5-4-6-8-16)25(32)36-14-23(31)27-20-10-9-17(35-3)11-22(20)30(33)34/h4-13,15H,14H2,1-3H3,(H,27,31). The fraction of sp³-hybridized carbons (Fsp3) is 0.200. The summed E-state index contributed by atoms with van der Waals surface area (Å²) in [6.07, 6.45) is 1.54. The summed E-state index contributed by atoms with van der Waals surface area (Å²) in [4.78, 5) is 40.9. The lowest BCUT2D eigenvalue weighted by molar-refractivity contribution is -0.384. The van der Waals surface area contributed by atoms with Gasteiger partial charge in [0.2, 0.25) is 0 Å². The highest BCUT2D eigenvalue weighted by atomic mass is 16.6. The first-order valence-electron chi connectivity index (χ1n) is 11.0. The molecule has 4 aromatic rings. The number of hydrogen-bond acceptors (Lipinski definition) is 8. The van der Waals surface area contributed by atoms with Crippen LogP contribution in [0, 0.1) is 10.1 Å². The predicted octanol–water partition coefficient (Wildman–Crippen LogP) is 4.39. The number of methoxy groups -OCH3 is 1. The van der Waals surface area contributed by atoms with Crippen LogP contribution in [0.4, 0.5) is 11.4 Å². The van der Waals surface area contributed by atoms with Crippen molar-refractivity contribution in [2.24, 2.45) is 0 Å². The number of pyridine rings is 1. The van der Waals surface area contributed by atoms with Gasteiger partial charge in [0.05, 0.1) is 40.9 Å². The Balaban J connectivity index is 1.58. The Morgan fingerprint density at radius 2 is 1.89 bits per heavy atom. The minimum Gasteiger partial charge on any atom is -0.496 e. The van der Waals surface area contributed by atoms with E-state index in [2.05, 4.69) is 10.4 Å². The van der Waals surface area contributed by atoms with Crippen molar-refractivity contribution in [3.05, 3.63) is 76.5 Å². The van der Waals surface area contributed by atoms with Crippen LogP contribution in [-0.4, -0.2) is 45.3 Å². The SMILES string of the molecule is COc1ccc(NC(=O)COC(=O)c2cc(-c3ccccc3)nc3c2cnn3C(C)C)c([N+](=O)[O-])c1. The maximum Gasteiger partial charge on any atom is 0.339 e. The van der Waals surface area contributed by atoms with E-state index in [9.17, 15) is 19.7 Å². The molecule has 36 heavy (non-hydrogen) atoms. The summed E-state index contributed by atoms with van der Waals surface area (Å²) < 4.78 is 12.0. The Morgan fingerprint density at radius 3 is 2.56 bits per heavy atom. The number of nitrogens with one attached hydrogen (secondary N) is 1. The number of amides is 1. The number of esters is 1. The van der Waals surface area contributed by atoms with Crippen LogP contribution in [0.15, 0.2) is 60.8 Å². The summed E-state index contributed by atoms with van der Waals surface area (Å²) in [6.45, 7) is 3.25. The van der Waals surface area contributed by atoms with E-state index in [1.807, 2.05) is 44.2 Å². The van der Waals surface area contributed by atoms with Gasteiger partial charge in [-0.1, -0.05) is 30.3 Å². The number of nitrogens with zero attached hydrogens (tertiary/aromatic N) is 4. The summed E-state index contributed by atoms with van der Waals surface area (Å²) in [6, 6.07) is 14.9. The molecule has 2 aromatic carbocycles. The number of anilines is 1. The van der Waals surface area contributed by atoms with E-state index in [-0.39, 0.29) is 28.7 Å². The normalized spacial score (nSPS) is 10.9.